The van der Waals surface area contributed by atoms with Gasteiger partial charge in [0.05, 0.1) is 33.0 Å². The zero-order valence-electron chi connectivity index (χ0n) is 16.9. The van der Waals surface area contributed by atoms with Crippen LogP contribution in [-0.4, -0.2) is 35.6 Å². The van der Waals surface area contributed by atoms with Crippen molar-refractivity contribution in [2.75, 3.05) is 29.9 Å². The fourth-order valence-corrected chi connectivity index (χ4v) is 5.73. The van der Waals surface area contributed by atoms with Gasteiger partial charge in [-0.25, -0.2) is 14.4 Å². The molecule has 0 saturated carbocycles. The van der Waals surface area contributed by atoms with Gasteiger partial charge in [0.25, 0.3) is 0 Å². The van der Waals surface area contributed by atoms with E-state index in [-0.39, 0.29) is 17.6 Å². The summed E-state index contributed by atoms with van der Waals surface area (Å²) >= 11 is 2.91. The number of aromatic nitrogens is 2. The highest BCUT2D eigenvalue weighted by molar-refractivity contribution is 7.22. The van der Waals surface area contributed by atoms with Crippen LogP contribution < -0.4 is 15.0 Å². The monoisotopic (exact) mass is 456 g/mol. The van der Waals surface area contributed by atoms with E-state index in [0.29, 0.717) is 18.3 Å². The van der Waals surface area contributed by atoms with E-state index in [9.17, 15) is 9.18 Å². The number of anilines is 2. The lowest BCUT2D eigenvalue weighted by Crippen LogP contribution is -2.40. The van der Waals surface area contributed by atoms with E-state index in [2.05, 4.69) is 20.2 Å². The predicted octanol–water partition coefficient (Wildman–Crippen LogP) is 5.30. The van der Waals surface area contributed by atoms with Gasteiger partial charge >= 0.3 is 0 Å². The van der Waals surface area contributed by atoms with Crippen molar-refractivity contribution < 1.29 is 13.9 Å². The number of nitrogens with zero attached hydrogens (tertiary/aromatic N) is 3. The third-order valence-corrected chi connectivity index (χ3v) is 7.32. The van der Waals surface area contributed by atoms with Crippen molar-refractivity contribution in [1.29, 1.82) is 0 Å². The van der Waals surface area contributed by atoms with Gasteiger partial charge in [0.1, 0.15) is 11.6 Å². The lowest BCUT2D eigenvalue weighted by atomic mass is 9.97. The van der Waals surface area contributed by atoms with E-state index in [0.717, 1.165) is 50.7 Å². The smallest absolute Gasteiger partial charge is 0.231 e. The molecule has 0 radical (unpaired) electrons. The first-order valence-corrected chi connectivity index (χ1v) is 11.9. The Bertz CT molecular complexity index is 1260. The van der Waals surface area contributed by atoms with Gasteiger partial charge in [-0.2, -0.15) is 0 Å². The third-order valence-electron chi connectivity index (χ3n) is 5.30. The van der Waals surface area contributed by atoms with Crippen LogP contribution in [0.1, 0.15) is 19.8 Å². The molecule has 31 heavy (non-hydrogen) atoms. The Morgan fingerprint density at radius 2 is 2.00 bits per heavy atom. The minimum Gasteiger partial charge on any atom is -0.494 e. The third kappa shape index (κ3) is 4.20. The Balaban J connectivity index is 1.29. The average Bonchev–Trinajstić information content (AvgIpc) is 3.36. The van der Waals surface area contributed by atoms with Crippen molar-refractivity contribution in [3.05, 3.63) is 42.2 Å². The lowest BCUT2D eigenvalue weighted by molar-refractivity contribution is -0.120. The number of rotatable bonds is 5. The number of thiazole rings is 2. The van der Waals surface area contributed by atoms with Crippen molar-refractivity contribution in [3.8, 4) is 5.75 Å². The Hall–Kier alpha value is -2.78. The van der Waals surface area contributed by atoms with Crippen molar-refractivity contribution in [1.82, 2.24) is 9.97 Å². The van der Waals surface area contributed by atoms with Crippen molar-refractivity contribution >= 4 is 59.3 Å². The molecule has 0 spiro atoms. The molecule has 160 valence electrons. The van der Waals surface area contributed by atoms with Crippen LogP contribution >= 0.6 is 22.7 Å². The van der Waals surface area contributed by atoms with Crippen LogP contribution in [0.4, 0.5) is 14.7 Å². The highest BCUT2D eigenvalue weighted by Crippen LogP contribution is 2.33. The zero-order chi connectivity index (χ0) is 21.4. The predicted molar refractivity (Wildman–Crippen MR) is 124 cm³/mol. The molecular formula is C22H21FN4O2S2. The number of ether oxygens (including phenoxy) is 1. The molecule has 0 bridgehead atoms. The maximum atomic E-state index is 13.5. The molecule has 1 unspecified atom stereocenters. The minimum atomic E-state index is -0.261. The molecule has 2 aromatic carbocycles. The minimum absolute atomic E-state index is 0.0269. The molecule has 1 saturated heterocycles. The molecule has 0 aliphatic carbocycles. The first kappa shape index (κ1) is 20.1. The molecule has 1 aliphatic heterocycles. The van der Waals surface area contributed by atoms with Gasteiger partial charge in [-0.1, -0.05) is 22.7 Å². The maximum absolute atomic E-state index is 13.5. The van der Waals surface area contributed by atoms with E-state index in [1.165, 1.54) is 34.8 Å². The number of fused-ring (bicyclic) bond motifs is 2. The summed E-state index contributed by atoms with van der Waals surface area (Å²) in [6, 6.07) is 10.4. The van der Waals surface area contributed by atoms with E-state index in [4.69, 9.17) is 4.74 Å². The highest BCUT2D eigenvalue weighted by atomic mass is 32.1. The van der Waals surface area contributed by atoms with Gasteiger partial charge < -0.3 is 15.0 Å². The van der Waals surface area contributed by atoms with Gasteiger partial charge in [0.2, 0.25) is 5.91 Å². The number of carbonyl (C=O) groups excluding carboxylic acids is 1. The first-order chi connectivity index (χ1) is 15.1. The van der Waals surface area contributed by atoms with Gasteiger partial charge in [-0.3, -0.25) is 4.79 Å². The molecule has 1 aliphatic rings. The standard InChI is InChI=1S/C22H21FN4O2S2/c1-2-29-15-6-8-16-19(11-15)30-21(24-16)26-20(28)13-4-3-9-27(12-13)22-25-17-7-5-14(23)10-18(17)31-22/h5-8,10-11,13H,2-4,9,12H2,1H3,(H,24,26,28). The Kier molecular flexibility index (Phi) is 5.45. The number of nitrogens with one attached hydrogen (secondary N) is 1. The van der Waals surface area contributed by atoms with Gasteiger partial charge in [-0.15, -0.1) is 0 Å². The van der Waals surface area contributed by atoms with Crippen LogP contribution in [-0.2, 0) is 4.79 Å². The van der Waals surface area contributed by atoms with E-state index in [1.54, 1.807) is 6.07 Å². The van der Waals surface area contributed by atoms with Crippen molar-refractivity contribution in [3.63, 3.8) is 0 Å². The number of hydrogen-bond acceptors (Lipinski definition) is 7. The van der Waals surface area contributed by atoms with Crippen molar-refractivity contribution in [2.45, 2.75) is 19.8 Å². The SMILES string of the molecule is CCOc1ccc2nc(NC(=O)C3CCCN(c4nc5ccc(F)cc5s4)C3)sc2c1. The average molecular weight is 457 g/mol. The van der Waals surface area contributed by atoms with Crippen LogP contribution in [0.5, 0.6) is 5.75 Å². The van der Waals surface area contributed by atoms with E-state index in [1.807, 2.05) is 25.1 Å². The van der Waals surface area contributed by atoms with Crippen LogP contribution in [0.15, 0.2) is 36.4 Å². The fourth-order valence-electron chi connectivity index (χ4n) is 3.81. The summed E-state index contributed by atoms with van der Waals surface area (Å²) in [4.78, 5) is 24.2. The number of piperidine rings is 1. The molecule has 2 aromatic heterocycles. The quantitative estimate of drug-likeness (QED) is 0.441. The zero-order valence-corrected chi connectivity index (χ0v) is 18.6. The Labute approximate surface area is 186 Å². The summed E-state index contributed by atoms with van der Waals surface area (Å²) in [6.07, 6.45) is 1.72. The van der Waals surface area contributed by atoms with E-state index >= 15 is 0 Å². The second-order valence-corrected chi connectivity index (χ2v) is 9.50. The largest absolute Gasteiger partial charge is 0.494 e. The molecule has 9 heteroatoms. The summed E-state index contributed by atoms with van der Waals surface area (Å²) in [5.41, 5.74) is 1.63. The van der Waals surface area contributed by atoms with Gasteiger partial charge in [0.15, 0.2) is 10.3 Å². The Morgan fingerprint density at radius 3 is 2.87 bits per heavy atom. The van der Waals surface area contributed by atoms with Crippen LogP contribution in [0.25, 0.3) is 20.4 Å². The van der Waals surface area contributed by atoms with Gasteiger partial charge in [0, 0.05) is 13.1 Å². The summed E-state index contributed by atoms with van der Waals surface area (Å²) in [7, 11) is 0. The van der Waals surface area contributed by atoms with Crippen molar-refractivity contribution in [2.24, 2.45) is 5.92 Å². The Morgan fingerprint density at radius 1 is 1.19 bits per heavy atom. The summed E-state index contributed by atoms with van der Waals surface area (Å²) in [6.45, 7) is 3.99. The number of halogens is 1. The van der Waals surface area contributed by atoms with E-state index < -0.39 is 0 Å². The molecule has 6 nitrogen and oxygen atoms in total. The topological polar surface area (TPSA) is 67.3 Å². The molecule has 4 aromatic rings. The number of amides is 1. The second kappa shape index (κ2) is 8.39. The summed E-state index contributed by atoms with van der Waals surface area (Å²) in [5.74, 6) is 0.363. The molecule has 1 atom stereocenters. The highest BCUT2D eigenvalue weighted by Gasteiger charge is 2.28. The maximum Gasteiger partial charge on any atom is 0.231 e. The number of benzene rings is 2. The number of hydrogen-bond donors (Lipinski definition) is 1. The normalized spacial score (nSPS) is 16.7. The fraction of sp³-hybridized carbons (Fsp3) is 0.318. The molecule has 1 N–H and O–H groups in total. The van der Waals surface area contributed by atoms with Gasteiger partial charge in [-0.05, 0) is 56.2 Å². The lowest BCUT2D eigenvalue weighted by Gasteiger charge is -2.31. The molecule has 5 rings (SSSR count). The van der Waals surface area contributed by atoms with Crippen LogP contribution in [0, 0.1) is 11.7 Å². The summed E-state index contributed by atoms with van der Waals surface area (Å²) < 4.78 is 20.8. The molecule has 1 fully saturated rings. The molecular weight excluding hydrogens is 435 g/mol. The van der Waals surface area contributed by atoms with Crippen LogP contribution in [0.3, 0.4) is 0 Å². The molecule has 1 amide bonds. The second-order valence-electron chi connectivity index (χ2n) is 7.46. The summed E-state index contributed by atoms with van der Waals surface area (Å²) in [5, 5.41) is 4.43. The van der Waals surface area contributed by atoms with Crippen LogP contribution in [0.2, 0.25) is 0 Å². The molecule has 3 heterocycles. The first-order valence-electron chi connectivity index (χ1n) is 10.2. The number of carbonyl (C=O) groups is 1.